The van der Waals surface area contributed by atoms with E-state index in [1.807, 2.05) is 0 Å². The first-order valence-electron chi connectivity index (χ1n) is 22.8. The van der Waals surface area contributed by atoms with Crippen molar-refractivity contribution in [2.75, 3.05) is 6.61 Å². The van der Waals surface area contributed by atoms with Crippen LogP contribution in [0.3, 0.4) is 0 Å². The number of ketones is 1. The zero-order valence-corrected chi connectivity index (χ0v) is 39.3. The molecule has 4 aromatic rings. The fourth-order valence-corrected chi connectivity index (χ4v) is 11.1. The first-order chi connectivity index (χ1) is 32.7. The zero-order valence-electron chi connectivity index (χ0n) is 39.3. The van der Waals surface area contributed by atoms with E-state index in [2.05, 4.69) is 10.3 Å². The van der Waals surface area contributed by atoms with Gasteiger partial charge in [0.15, 0.2) is 17.5 Å². The molecular weight excluding hydrogens is 891 g/mol. The lowest BCUT2D eigenvalue weighted by Crippen LogP contribution is -2.82. The van der Waals surface area contributed by atoms with Crippen LogP contribution in [0.1, 0.15) is 93.6 Å². The maximum atomic E-state index is 16.1. The van der Waals surface area contributed by atoms with Gasteiger partial charge in [0, 0.05) is 50.1 Å². The smallest absolute Gasteiger partial charge is 0.419 e. The Hall–Kier alpha value is -6.98. The molecule has 4 aliphatic rings. The van der Waals surface area contributed by atoms with Gasteiger partial charge in [-0.3, -0.25) is 24.0 Å². The molecule has 0 spiro atoms. The Bertz CT molecular complexity index is 2670. The molecule has 1 amide bonds. The van der Waals surface area contributed by atoms with E-state index in [1.54, 1.807) is 107 Å². The number of hydrogen-bond donors (Lipinski definition) is 2. The van der Waals surface area contributed by atoms with Gasteiger partial charge in [-0.2, -0.15) is 0 Å². The number of ether oxygens (including phenoxy) is 6. The summed E-state index contributed by atoms with van der Waals surface area (Å²) < 4.78 is 38.6. The SMILES string of the molecule is CC(=O)O[C@H]1C(=O)[C@]2(C)C(OC(=O)n3ccnc3)C[C@H]3OC[C@@]3(OC(C)=O)C2[C@H](OC(=O)c2ccccc2)[C@]2(O)C[C@H](OC(=O)[C@H](C)[C@@H](NC(=O)c3ccccc3)c3ccccc3)C(C)=C1C2(C)C. The fraction of sp³-hybridized carbons (Fsp3) is 0.423. The Kier molecular flexibility index (Phi) is 13.0. The second kappa shape index (κ2) is 18.5. The molecule has 1 aliphatic heterocycles. The summed E-state index contributed by atoms with van der Waals surface area (Å²) in [6.07, 6.45) is -5.39. The van der Waals surface area contributed by atoms with Gasteiger partial charge < -0.3 is 38.8 Å². The summed E-state index contributed by atoms with van der Waals surface area (Å²) in [7, 11) is 0. The molecule has 0 radical (unpaired) electrons. The number of benzene rings is 3. The standard InChI is InChI=1S/C52H55N3O14/c1-29-36(66-46(60)30(2)40(33-17-11-8-12-18-33)54-45(59)34-19-13-9-14-20-34)26-52(63)44(68-47(61)35-21-15-10-16-22-35)42-50(7,43(58)41(65-31(3)56)39(29)49(52,5)6)37(67-48(62)55-24-23-53-28-55)25-38-51(42,27-64-38)69-32(4)57/h8-24,28,30,36-38,40-42,44,63H,25-27H2,1-7H3,(H,54,59)/t30-,36+,37?,38-,40-,41-,42?,44+,50-,51+,52-/m1/s1. The molecule has 1 aromatic heterocycles. The number of aromatic nitrogens is 2. The Morgan fingerprint density at radius 1 is 0.841 bits per heavy atom. The van der Waals surface area contributed by atoms with E-state index >= 15 is 4.79 Å². The molecule has 1 saturated heterocycles. The van der Waals surface area contributed by atoms with Crippen LogP contribution in [0.15, 0.2) is 121 Å². The van der Waals surface area contributed by atoms with Gasteiger partial charge in [0.2, 0.25) is 0 Å². The summed E-state index contributed by atoms with van der Waals surface area (Å²) >= 11 is 0. The molecule has 17 heteroatoms. The van der Waals surface area contributed by atoms with Crippen LogP contribution in [0.2, 0.25) is 0 Å². The minimum atomic E-state index is -2.39. The van der Waals surface area contributed by atoms with E-state index in [0.29, 0.717) is 11.1 Å². The predicted molar refractivity (Wildman–Crippen MR) is 243 cm³/mol. The van der Waals surface area contributed by atoms with Crippen molar-refractivity contribution in [1.29, 1.82) is 0 Å². The molecule has 8 rings (SSSR count). The van der Waals surface area contributed by atoms with Gasteiger partial charge in [-0.1, -0.05) is 80.6 Å². The highest BCUT2D eigenvalue weighted by Crippen LogP contribution is 2.65. The molecule has 3 aliphatic carbocycles. The average Bonchev–Trinajstić information content (AvgIpc) is 3.87. The normalized spacial score (nSPS) is 29.7. The van der Waals surface area contributed by atoms with Gasteiger partial charge in [0.25, 0.3) is 5.91 Å². The molecule has 3 fully saturated rings. The van der Waals surface area contributed by atoms with Crippen LogP contribution in [0.5, 0.6) is 0 Å². The van der Waals surface area contributed by atoms with Crippen molar-refractivity contribution >= 4 is 41.7 Å². The van der Waals surface area contributed by atoms with Crippen molar-refractivity contribution < 1.29 is 67.1 Å². The number of esters is 4. The zero-order chi connectivity index (χ0) is 49.6. The molecule has 17 nitrogen and oxygen atoms in total. The van der Waals surface area contributed by atoms with Gasteiger partial charge >= 0.3 is 30.0 Å². The van der Waals surface area contributed by atoms with Crippen LogP contribution in [-0.2, 0) is 47.6 Å². The molecule has 3 aromatic carbocycles. The average molecular weight is 946 g/mol. The van der Waals surface area contributed by atoms with Gasteiger partial charge in [0.1, 0.15) is 36.3 Å². The maximum absolute atomic E-state index is 16.1. The van der Waals surface area contributed by atoms with Crippen molar-refractivity contribution in [3.8, 4) is 0 Å². The van der Waals surface area contributed by atoms with Crippen molar-refractivity contribution in [2.24, 2.45) is 22.7 Å². The summed E-state index contributed by atoms with van der Waals surface area (Å²) in [5.41, 5.74) is -6.72. The molecule has 69 heavy (non-hydrogen) atoms. The maximum Gasteiger partial charge on any atom is 0.419 e. The highest BCUT2D eigenvalue weighted by atomic mass is 16.6. The molecule has 11 atom stereocenters. The number of Topliss-reactive ketones (excluding diaryl/α,β-unsaturated/α-hetero) is 1. The molecule has 362 valence electrons. The lowest BCUT2D eigenvalue weighted by Gasteiger charge is -2.67. The summed E-state index contributed by atoms with van der Waals surface area (Å²) in [6.45, 7) is 9.75. The number of amides is 1. The van der Waals surface area contributed by atoms with E-state index in [4.69, 9.17) is 28.4 Å². The van der Waals surface area contributed by atoms with E-state index < -0.39 is 119 Å². The van der Waals surface area contributed by atoms with Crippen molar-refractivity contribution in [3.05, 3.63) is 138 Å². The second-order valence-corrected chi connectivity index (χ2v) is 19.0. The first-order valence-corrected chi connectivity index (χ1v) is 22.8. The number of hydrogen-bond acceptors (Lipinski definition) is 15. The quantitative estimate of drug-likeness (QED) is 0.101. The lowest BCUT2D eigenvalue weighted by molar-refractivity contribution is -0.345. The van der Waals surface area contributed by atoms with E-state index in [-0.39, 0.29) is 29.7 Å². The van der Waals surface area contributed by atoms with Crippen LogP contribution >= 0.6 is 0 Å². The molecule has 2 unspecified atom stereocenters. The van der Waals surface area contributed by atoms with Crippen molar-refractivity contribution in [3.63, 3.8) is 0 Å². The number of imidazole rings is 1. The first kappa shape index (κ1) is 48.5. The van der Waals surface area contributed by atoms with E-state index in [0.717, 1.165) is 18.4 Å². The largest absolute Gasteiger partial charge is 0.457 e. The Balaban J connectivity index is 1.31. The predicted octanol–water partition coefficient (Wildman–Crippen LogP) is 5.90. The minimum absolute atomic E-state index is 0.0348. The van der Waals surface area contributed by atoms with Gasteiger partial charge in [-0.15, -0.1) is 0 Å². The summed E-state index contributed by atoms with van der Waals surface area (Å²) in [6, 6.07) is 24.3. The van der Waals surface area contributed by atoms with E-state index in [1.165, 1.54) is 37.8 Å². The molecule has 2 N–H and O–H groups in total. The number of aliphatic hydroxyl groups is 1. The Morgan fingerprint density at radius 3 is 2.03 bits per heavy atom. The summed E-state index contributed by atoms with van der Waals surface area (Å²) in [4.78, 5) is 104. The van der Waals surface area contributed by atoms with Crippen LogP contribution in [0.25, 0.3) is 0 Å². The molecule has 2 heterocycles. The monoisotopic (exact) mass is 945 g/mol. The third-order valence-corrected chi connectivity index (χ3v) is 14.7. The molecule has 2 saturated carbocycles. The van der Waals surface area contributed by atoms with Crippen LogP contribution in [0, 0.1) is 22.7 Å². The lowest BCUT2D eigenvalue weighted by atomic mass is 9.44. The van der Waals surface area contributed by atoms with Crippen LogP contribution < -0.4 is 5.32 Å². The topological polar surface area (TPSA) is 225 Å². The number of fused-ring (bicyclic) bond motifs is 5. The number of rotatable bonds is 11. The van der Waals surface area contributed by atoms with Crippen molar-refractivity contribution in [1.82, 2.24) is 14.9 Å². The van der Waals surface area contributed by atoms with Crippen LogP contribution in [0.4, 0.5) is 4.79 Å². The number of nitrogens with zero attached hydrogens (tertiary/aromatic N) is 2. The Labute approximate surface area is 398 Å². The third kappa shape index (κ3) is 8.41. The van der Waals surface area contributed by atoms with Gasteiger partial charge in [0.05, 0.1) is 35.5 Å². The number of nitrogens with one attached hydrogen (secondary N) is 1. The third-order valence-electron chi connectivity index (χ3n) is 14.7. The van der Waals surface area contributed by atoms with E-state index in [9.17, 15) is 33.9 Å². The highest BCUT2D eigenvalue weighted by molar-refractivity contribution is 5.96. The number of carbonyl (C=O) groups excluding carboxylic acids is 7. The Morgan fingerprint density at radius 2 is 1.46 bits per heavy atom. The number of carbonyl (C=O) groups is 7. The molecular formula is C52H55N3O14. The van der Waals surface area contributed by atoms with Crippen LogP contribution in [-0.4, -0.2) is 105 Å². The van der Waals surface area contributed by atoms with Gasteiger partial charge in [-0.25, -0.2) is 19.1 Å². The van der Waals surface area contributed by atoms with Gasteiger partial charge in [-0.05, 0) is 61.7 Å². The highest BCUT2D eigenvalue weighted by Gasteiger charge is 2.79. The molecule has 2 bridgehead atoms. The minimum Gasteiger partial charge on any atom is -0.457 e. The fourth-order valence-electron chi connectivity index (χ4n) is 11.1. The summed E-state index contributed by atoms with van der Waals surface area (Å²) in [5, 5.41) is 17.0. The second-order valence-electron chi connectivity index (χ2n) is 19.0. The summed E-state index contributed by atoms with van der Waals surface area (Å²) in [5.74, 6) is -7.40. The van der Waals surface area contributed by atoms with Crippen molar-refractivity contribution in [2.45, 2.75) is 109 Å².